The standard InChI is InChI=1S/C55H60N12O4/c1-5-69-44-32-39(33-45(35-44)70-6-2)37-65-30-22-43(23-31-65)67(55-61-49(41-16-12-9-13-17-41)51-53(63-55)59-27-25-57-51)66(54-60-48(40-14-10-8-11-15-40)50-52(62-54)58-26-24-56-50)42-20-28-64(29-21-42)36-38-18-19-46(68-4)47(34-38)71-7-3/h8-19,24-27,32-35,42-43H,5-7,20-23,28-31,36-37H2,1-4H3. The highest BCUT2D eigenvalue weighted by atomic mass is 16.5. The highest BCUT2D eigenvalue weighted by Gasteiger charge is 2.39. The summed E-state index contributed by atoms with van der Waals surface area (Å²) < 4.78 is 23.5. The molecule has 2 fully saturated rings. The lowest BCUT2D eigenvalue weighted by Gasteiger charge is -2.48. The number of hydrogen-bond acceptors (Lipinski definition) is 16. The molecule has 0 aliphatic carbocycles. The third-order valence-corrected chi connectivity index (χ3v) is 13.1. The van der Waals surface area contributed by atoms with Gasteiger partial charge in [0.15, 0.2) is 22.8 Å². The molecule has 0 amide bonds. The molecule has 2 aliphatic rings. The van der Waals surface area contributed by atoms with Crippen molar-refractivity contribution in [3.8, 4) is 45.5 Å². The fourth-order valence-electron chi connectivity index (χ4n) is 9.85. The van der Waals surface area contributed by atoms with E-state index in [1.165, 1.54) is 5.56 Å². The molecule has 364 valence electrons. The molecule has 10 rings (SSSR count). The van der Waals surface area contributed by atoms with Crippen LogP contribution in [-0.4, -0.2) is 115 Å². The molecule has 0 unspecified atom stereocenters. The van der Waals surface area contributed by atoms with E-state index >= 15 is 0 Å². The van der Waals surface area contributed by atoms with Gasteiger partial charge in [-0.05, 0) is 81.8 Å². The zero-order valence-corrected chi connectivity index (χ0v) is 40.9. The molecule has 2 saturated heterocycles. The summed E-state index contributed by atoms with van der Waals surface area (Å²) in [6.45, 7) is 12.5. The minimum absolute atomic E-state index is 0.0588. The molecule has 8 aromatic rings. The van der Waals surface area contributed by atoms with Crippen LogP contribution >= 0.6 is 0 Å². The van der Waals surface area contributed by atoms with E-state index in [1.54, 1.807) is 31.9 Å². The first-order valence-electron chi connectivity index (χ1n) is 24.8. The highest BCUT2D eigenvalue weighted by molar-refractivity contribution is 5.89. The Labute approximate surface area is 414 Å². The average Bonchev–Trinajstić information content (AvgIpc) is 3.41. The molecule has 6 heterocycles. The van der Waals surface area contributed by atoms with Gasteiger partial charge >= 0.3 is 0 Å². The largest absolute Gasteiger partial charge is 0.494 e. The Morgan fingerprint density at radius 1 is 0.493 bits per heavy atom. The number of aromatic nitrogens is 8. The topological polar surface area (TPSA) is 153 Å². The van der Waals surface area contributed by atoms with Crippen LogP contribution in [0.15, 0.2) is 122 Å². The maximum Gasteiger partial charge on any atom is 0.247 e. The monoisotopic (exact) mass is 952 g/mol. The molecule has 0 spiro atoms. The number of methoxy groups -OCH3 is 1. The van der Waals surface area contributed by atoms with Crippen molar-refractivity contribution in [1.82, 2.24) is 49.7 Å². The molecule has 16 nitrogen and oxygen atoms in total. The Kier molecular flexibility index (Phi) is 14.6. The number of benzene rings is 4. The predicted molar refractivity (Wildman–Crippen MR) is 276 cm³/mol. The van der Waals surface area contributed by atoms with E-state index in [-0.39, 0.29) is 12.1 Å². The lowest BCUT2D eigenvalue weighted by atomic mass is 10.0. The highest BCUT2D eigenvalue weighted by Crippen LogP contribution is 2.37. The number of piperidine rings is 2. The normalized spacial score (nSPS) is 14.9. The summed E-state index contributed by atoms with van der Waals surface area (Å²) in [5, 5.41) is 4.59. The summed E-state index contributed by atoms with van der Waals surface area (Å²) >= 11 is 0. The third-order valence-electron chi connectivity index (χ3n) is 13.1. The average molecular weight is 953 g/mol. The zero-order chi connectivity index (χ0) is 48.5. The molecule has 0 bridgehead atoms. The van der Waals surface area contributed by atoms with Crippen LogP contribution in [0.2, 0.25) is 0 Å². The predicted octanol–water partition coefficient (Wildman–Crippen LogP) is 9.25. The second kappa shape index (κ2) is 22.0. The number of likely N-dealkylation sites (tertiary alicyclic amines) is 2. The van der Waals surface area contributed by atoms with Crippen molar-refractivity contribution in [3.63, 3.8) is 0 Å². The summed E-state index contributed by atoms with van der Waals surface area (Å²) in [5.74, 6) is 4.14. The van der Waals surface area contributed by atoms with E-state index in [1.807, 2.05) is 69.3 Å². The molecule has 0 N–H and O–H groups in total. The Morgan fingerprint density at radius 2 is 0.958 bits per heavy atom. The number of ether oxygens (including phenoxy) is 4. The number of hydrogen-bond donors (Lipinski definition) is 0. The lowest BCUT2D eigenvalue weighted by Crippen LogP contribution is -2.60. The maximum absolute atomic E-state index is 5.97. The van der Waals surface area contributed by atoms with E-state index in [2.05, 4.69) is 68.3 Å². The minimum atomic E-state index is -0.0617. The summed E-state index contributed by atoms with van der Waals surface area (Å²) in [6.07, 6.45) is 10.0. The van der Waals surface area contributed by atoms with Gasteiger partial charge in [-0.15, -0.1) is 0 Å². The maximum atomic E-state index is 5.97. The van der Waals surface area contributed by atoms with Gasteiger partial charge in [-0.3, -0.25) is 9.80 Å². The van der Waals surface area contributed by atoms with Crippen molar-refractivity contribution in [3.05, 3.63) is 133 Å². The second-order valence-electron chi connectivity index (χ2n) is 17.7. The fourth-order valence-corrected chi connectivity index (χ4v) is 9.85. The quantitative estimate of drug-likeness (QED) is 0.0751. The molecule has 0 atom stereocenters. The fraction of sp³-hybridized carbons (Fsp3) is 0.345. The van der Waals surface area contributed by atoms with Crippen molar-refractivity contribution >= 4 is 34.2 Å². The SMILES string of the molecule is CCOc1cc(CN2CCC(N(c3nc(-c4ccccc4)c4nccnc4n3)N(c3nc(-c4ccccc4)c4nccnc4n3)C3CCN(Cc4ccc(OC)c(OCC)c4)CC3)CC2)cc(OCC)c1. The molecule has 2 aliphatic heterocycles. The molecule has 4 aromatic heterocycles. The van der Waals surface area contributed by atoms with Crippen LogP contribution < -0.4 is 29.0 Å². The molecule has 16 heteroatoms. The zero-order valence-electron chi connectivity index (χ0n) is 40.9. The molecular formula is C55H60N12O4. The minimum Gasteiger partial charge on any atom is -0.494 e. The Bertz CT molecular complexity index is 3020. The van der Waals surface area contributed by atoms with Gasteiger partial charge in [-0.25, -0.2) is 39.9 Å². The van der Waals surface area contributed by atoms with E-state index in [9.17, 15) is 0 Å². The number of fused-ring (bicyclic) bond motifs is 2. The van der Waals surface area contributed by atoms with Crippen LogP contribution in [0.1, 0.15) is 57.6 Å². The first kappa shape index (κ1) is 47.1. The number of rotatable bonds is 18. The first-order chi connectivity index (χ1) is 35.0. The summed E-state index contributed by atoms with van der Waals surface area (Å²) in [5.41, 5.74) is 7.85. The summed E-state index contributed by atoms with van der Waals surface area (Å²) in [4.78, 5) is 45.8. The molecule has 0 radical (unpaired) electrons. The van der Waals surface area contributed by atoms with Gasteiger partial charge < -0.3 is 18.9 Å². The number of anilines is 2. The van der Waals surface area contributed by atoms with Crippen molar-refractivity contribution in [2.24, 2.45) is 0 Å². The Hall–Kier alpha value is -7.56. The Morgan fingerprint density at radius 3 is 1.42 bits per heavy atom. The Balaban J connectivity index is 1.07. The van der Waals surface area contributed by atoms with Gasteiger partial charge in [0.05, 0.1) is 39.0 Å². The van der Waals surface area contributed by atoms with Gasteiger partial charge in [0, 0.05) is 81.2 Å². The van der Waals surface area contributed by atoms with Gasteiger partial charge in [-0.1, -0.05) is 66.7 Å². The smallest absolute Gasteiger partial charge is 0.247 e. The number of hydrazine groups is 1. The summed E-state index contributed by atoms with van der Waals surface area (Å²) in [7, 11) is 1.68. The number of nitrogens with zero attached hydrogens (tertiary/aromatic N) is 12. The van der Waals surface area contributed by atoms with Gasteiger partial charge in [-0.2, -0.15) is 9.97 Å². The van der Waals surface area contributed by atoms with E-state index in [0.29, 0.717) is 65.4 Å². The van der Waals surface area contributed by atoms with Gasteiger partial charge in [0.25, 0.3) is 0 Å². The van der Waals surface area contributed by atoms with E-state index < -0.39 is 0 Å². The molecule has 71 heavy (non-hydrogen) atoms. The first-order valence-corrected chi connectivity index (χ1v) is 24.8. The van der Waals surface area contributed by atoms with Crippen LogP contribution in [0, 0.1) is 0 Å². The molecule has 4 aromatic carbocycles. The lowest BCUT2D eigenvalue weighted by molar-refractivity contribution is 0.182. The van der Waals surface area contributed by atoms with Crippen molar-refractivity contribution in [2.75, 3.05) is 63.1 Å². The second-order valence-corrected chi connectivity index (χ2v) is 17.7. The molecular weight excluding hydrogens is 893 g/mol. The van der Waals surface area contributed by atoms with E-state index in [0.717, 1.165) is 105 Å². The van der Waals surface area contributed by atoms with Crippen molar-refractivity contribution in [1.29, 1.82) is 0 Å². The van der Waals surface area contributed by atoms with Crippen LogP contribution in [0.25, 0.3) is 44.8 Å². The van der Waals surface area contributed by atoms with Gasteiger partial charge in [0.1, 0.15) is 33.9 Å². The molecule has 0 saturated carbocycles. The third kappa shape index (κ3) is 10.6. The van der Waals surface area contributed by atoms with Gasteiger partial charge in [0.2, 0.25) is 11.9 Å². The van der Waals surface area contributed by atoms with Crippen LogP contribution in [-0.2, 0) is 13.1 Å². The van der Waals surface area contributed by atoms with Crippen LogP contribution in [0.3, 0.4) is 0 Å². The van der Waals surface area contributed by atoms with Crippen molar-refractivity contribution < 1.29 is 18.9 Å². The van der Waals surface area contributed by atoms with E-state index in [4.69, 9.17) is 58.8 Å². The van der Waals surface area contributed by atoms with Crippen molar-refractivity contribution in [2.45, 2.75) is 71.6 Å². The van der Waals surface area contributed by atoms with Crippen LogP contribution in [0.5, 0.6) is 23.0 Å². The van der Waals surface area contributed by atoms with Crippen LogP contribution in [0.4, 0.5) is 11.9 Å². The summed E-state index contributed by atoms with van der Waals surface area (Å²) in [6, 6.07) is 32.7.